The quantitative estimate of drug-likeness (QED) is 0.0526. The fourth-order valence-electron chi connectivity index (χ4n) is 11.8. The van der Waals surface area contributed by atoms with Crippen molar-refractivity contribution in [2.24, 2.45) is 0 Å². The topological polar surface area (TPSA) is 206 Å². The number of aryl methyl sites for hydroxylation is 4. The van der Waals surface area contributed by atoms with E-state index in [4.69, 9.17) is 18.9 Å². The Morgan fingerprint density at radius 1 is 0.315 bits per heavy atom. The molecule has 0 saturated carbocycles. The Hall–Kier alpha value is -8.92. The van der Waals surface area contributed by atoms with E-state index in [0.717, 1.165) is 66.8 Å². The van der Waals surface area contributed by atoms with Gasteiger partial charge in [-0.3, -0.25) is 19.2 Å². The smallest absolute Gasteiger partial charge is 0.292 e. The molecule has 4 aromatic carbocycles. The molecular weight excluding hydrogens is 1160 g/mol. The zero-order chi connectivity index (χ0) is 66.5. The molecular formula is C76H92N4O12. The molecule has 4 aromatic heterocycles. The molecule has 16 heteroatoms. The largest absolute Gasteiger partial charge is 0.503 e. The summed E-state index contributed by atoms with van der Waals surface area (Å²) >= 11 is 0. The van der Waals surface area contributed by atoms with Crippen molar-refractivity contribution in [2.45, 2.75) is 182 Å². The average molecular weight is 1250 g/mol. The molecule has 4 N–H and O–H groups in total. The van der Waals surface area contributed by atoms with Crippen LogP contribution in [0.3, 0.4) is 0 Å². The zero-order valence-corrected chi connectivity index (χ0v) is 55.7. The third-order valence-electron chi connectivity index (χ3n) is 17.1. The van der Waals surface area contributed by atoms with Gasteiger partial charge in [-0.1, -0.05) is 132 Å². The SMILES string of the molecule is CC(C)(C)c1cc2c(OCCCn3cccc(O)c3=O)c(c1)Cc1cc(C(C)(C)C)cc(c1OCCCn1cccc(O)c1=O)Cc1cc(C(C)(C)C)cc(c1OCCCn1cccc(O)c1=O)Cc1cc(C(C)(C)C)cc(c1OCCCn1cccc(O)c1=O)C2. The van der Waals surface area contributed by atoms with Gasteiger partial charge >= 0.3 is 0 Å². The molecule has 92 heavy (non-hydrogen) atoms. The summed E-state index contributed by atoms with van der Waals surface area (Å²) in [4.78, 5) is 52.4. The van der Waals surface area contributed by atoms with E-state index >= 15 is 0 Å². The van der Waals surface area contributed by atoms with Crippen molar-refractivity contribution in [1.82, 2.24) is 18.3 Å². The van der Waals surface area contributed by atoms with E-state index < -0.39 is 22.2 Å². The van der Waals surface area contributed by atoms with Gasteiger partial charge in [0.25, 0.3) is 22.2 Å². The van der Waals surface area contributed by atoms with E-state index in [2.05, 4.69) is 132 Å². The van der Waals surface area contributed by atoms with Gasteiger partial charge in [-0.2, -0.15) is 0 Å². The minimum atomic E-state index is -0.480. The first-order chi connectivity index (χ1) is 43.4. The fraction of sp³-hybridized carbons (Fsp3) is 0.421. The molecule has 0 amide bonds. The molecule has 16 nitrogen and oxygen atoms in total. The van der Waals surface area contributed by atoms with Crippen LogP contribution in [-0.2, 0) is 73.5 Å². The van der Waals surface area contributed by atoms with Crippen molar-refractivity contribution in [3.8, 4) is 46.0 Å². The van der Waals surface area contributed by atoms with Gasteiger partial charge in [0, 0.05) is 76.6 Å². The Bertz CT molecular complexity index is 3580. The molecule has 8 aromatic rings. The second-order valence-electron chi connectivity index (χ2n) is 28.6. The van der Waals surface area contributed by atoms with Crippen LogP contribution in [0.2, 0.25) is 0 Å². The van der Waals surface area contributed by atoms with Crippen LogP contribution in [0.1, 0.15) is 176 Å². The maximum atomic E-state index is 13.1. The van der Waals surface area contributed by atoms with Gasteiger partial charge in [0.05, 0.1) is 26.4 Å². The summed E-state index contributed by atoms with van der Waals surface area (Å²) in [6.07, 6.45) is 9.89. The molecule has 4 heterocycles. The summed E-state index contributed by atoms with van der Waals surface area (Å²) in [5.41, 5.74) is 8.38. The number of aromatic hydroxyl groups is 4. The highest BCUT2D eigenvalue weighted by Gasteiger charge is 2.30. The van der Waals surface area contributed by atoms with E-state index in [1.165, 1.54) is 42.5 Å². The van der Waals surface area contributed by atoms with Gasteiger partial charge in [-0.25, -0.2) is 0 Å². The van der Waals surface area contributed by atoms with Crippen LogP contribution in [0.4, 0.5) is 0 Å². The number of fused-ring (bicyclic) bond motifs is 8. The van der Waals surface area contributed by atoms with Gasteiger partial charge in [0.1, 0.15) is 23.0 Å². The minimum absolute atomic E-state index is 0.227. The van der Waals surface area contributed by atoms with Crippen LogP contribution in [-0.4, -0.2) is 65.1 Å². The van der Waals surface area contributed by atoms with Gasteiger partial charge in [-0.15, -0.1) is 0 Å². The monoisotopic (exact) mass is 1250 g/mol. The standard InChI is InChI=1S/C76H92N4O12/c1-73(2,3)57-41-49-37-51-43-58(74(4,5)6)45-53(66(51)90-34-18-30-78-26-14-22-62(82)70(78)86)39-55-47-60(76(10,11)12)48-56(68(55)92-36-20-32-80-28-16-24-64(84)72(80)88)40-54-46-59(75(7,8)9)44-52(67(54)91-35-19-31-79-27-15-23-63(83)71(79)87)38-50(42-57)65(49)89-33-17-29-77-25-13-21-61(81)69(77)85/h13-16,21-28,41-48,81-84H,17-20,29-40H2,1-12H3. The molecule has 0 spiro atoms. The number of benzene rings is 4. The first-order valence-electron chi connectivity index (χ1n) is 32.1. The zero-order valence-electron chi connectivity index (χ0n) is 55.7. The number of pyridine rings is 4. The number of rotatable bonds is 20. The predicted octanol–water partition coefficient (Wildman–Crippen LogP) is 12.9. The van der Waals surface area contributed by atoms with Crippen LogP contribution in [0.5, 0.6) is 46.0 Å². The maximum absolute atomic E-state index is 13.1. The van der Waals surface area contributed by atoms with Gasteiger partial charge in [-0.05, 0) is 163 Å². The van der Waals surface area contributed by atoms with Crippen molar-refractivity contribution in [3.63, 3.8) is 0 Å². The molecule has 8 bridgehead atoms. The van der Waals surface area contributed by atoms with Crippen molar-refractivity contribution in [3.05, 3.63) is 230 Å². The van der Waals surface area contributed by atoms with Crippen molar-refractivity contribution >= 4 is 0 Å². The number of hydrogen-bond acceptors (Lipinski definition) is 12. The number of ether oxygens (including phenoxy) is 4. The molecule has 1 aliphatic carbocycles. The lowest BCUT2D eigenvalue weighted by Gasteiger charge is -2.29. The number of aromatic nitrogens is 4. The van der Waals surface area contributed by atoms with Crippen LogP contribution in [0.25, 0.3) is 0 Å². The van der Waals surface area contributed by atoms with Gasteiger partial charge in [0.2, 0.25) is 0 Å². The summed E-state index contributed by atoms with van der Waals surface area (Å²) in [7, 11) is 0. The summed E-state index contributed by atoms with van der Waals surface area (Å²) in [6, 6.07) is 30.1. The Morgan fingerprint density at radius 3 is 0.652 bits per heavy atom. The lowest BCUT2D eigenvalue weighted by molar-refractivity contribution is 0.288. The van der Waals surface area contributed by atoms with Crippen LogP contribution >= 0.6 is 0 Å². The fourth-order valence-corrected chi connectivity index (χ4v) is 11.8. The molecule has 0 unspecified atom stereocenters. The molecule has 1 aliphatic rings. The molecule has 0 atom stereocenters. The first kappa shape index (κ1) is 67.5. The highest BCUT2D eigenvalue weighted by molar-refractivity contribution is 5.60. The summed E-state index contributed by atoms with van der Waals surface area (Å²) < 4.78 is 34.7. The normalized spacial score (nSPS) is 12.8. The van der Waals surface area contributed by atoms with Crippen LogP contribution < -0.4 is 41.2 Å². The lowest BCUT2D eigenvalue weighted by Crippen LogP contribution is -2.21. The van der Waals surface area contributed by atoms with E-state index in [0.29, 0.717) is 101 Å². The lowest BCUT2D eigenvalue weighted by atomic mass is 9.79. The molecule has 0 saturated heterocycles. The highest BCUT2D eigenvalue weighted by atomic mass is 16.5. The number of nitrogens with zero attached hydrogens (tertiary/aromatic N) is 4. The van der Waals surface area contributed by atoms with E-state index in [1.807, 2.05) is 0 Å². The third kappa shape index (κ3) is 16.2. The summed E-state index contributed by atoms with van der Waals surface area (Å²) in [6.45, 7) is 28.6. The maximum Gasteiger partial charge on any atom is 0.292 e. The van der Waals surface area contributed by atoms with Crippen molar-refractivity contribution < 1.29 is 39.4 Å². The Balaban J connectivity index is 1.30. The predicted molar refractivity (Wildman–Crippen MR) is 362 cm³/mol. The average Bonchev–Trinajstić information content (AvgIpc) is 0.775. The van der Waals surface area contributed by atoms with Gasteiger partial charge < -0.3 is 57.6 Å². The van der Waals surface area contributed by atoms with E-state index in [-0.39, 0.29) is 71.1 Å². The molecule has 0 aliphatic heterocycles. The minimum Gasteiger partial charge on any atom is -0.503 e. The molecule has 0 radical (unpaired) electrons. The first-order valence-corrected chi connectivity index (χ1v) is 32.1. The van der Waals surface area contributed by atoms with E-state index in [9.17, 15) is 39.6 Å². The summed E-state index contributed by atoms with van der Waals surface area (Å²) in [5, 5.41) is 41.5. The van der Waals surface area contributed by atoms with Crippen LogP contribution in [0, 0.1) is 0 Å². The Labute approximate surface area is 539 Å². The Kier molecular flexibility index (Phi) is 20.5. The van der Waals surface area contributed by atoms with Crippen molar-refractivity contribution in [2.75, 3.05) is 26.4 Å². The molecule has 0 fully saturated rings. The second-order valence-corrected chi connectivity index (χ2v) is 28.6. The molecule has 488 valence electrons. The second kappa shape index (κ2) is 27.9. The molecule has 9 rings (SSSR count). The van der Waals surface area contributed by atoms with E-state index in [1.54, 1.807) is 49.1 Å². The van der Waals surface area contributed by atoms with Crippen LogP contribution in [0.15, 0.2) is 141 Å². The highest BCUT2D eigenvalue weighted by Crippen LogP contribution is 2.45. The third-order valence-corrected chi connectivity index (χ3v) is 17.1. The number of hydrogen-bond donors (Lipinski definition) is 4. The summed E-state index contributed by atoms with van der Waals surface area (Å²) in [5.74, 6) is 1.44. The Morgan fingerprint density at radius 2 is 0.489 bits per heavy atom. The van der Waals surface area contributed by atoms with Gasteiger partial charge in [0.15, 0.2) is 23.0 Å². The van der Waals surface area contributed by atoms with Crippen molar-refractivity contribution in [1.29, 1.82) is 0 Å².